The molecule has 35 heavy (non-hydrogen) atoms. The van der Waals surface area contributed by atoms with Gasteiger partial charge in [0.1, 0.15) is 11.9 Å². The number of hydrogen-bond donors (Lipinski definition) is 1. The molecule has 0 aliphatic heterocycles. The molecule has 4 nitrogen and oxygen atoms in total. The lowest BCUT2D eigenvalue weighted by Crippen LogP contribution is -2.51. The zero-order valence-corrected chi connectivity index (χ0v) is 21.3. The number of thioether (sulfide) groups is 1. The molecule has 3 rings (SSSR count). The zero-order valence-electron chi connectivity index (χ0n) is 19.8. The third-order valence-corrected chi connectivity index (χ3v) is 6.88. The van der Waals surface area contributed by atoms with Crippen LogP contribution in [0.1, 0.15) is 30.0 Å². The van der Waals surface area contributed by atoms with E-state index in [0.717, 1.165) is 23.1 Å². The number of nitrogens with zero attached hydrogens (tertiary/aromatic N) is 1. The fourth-order valence-corrected chi connectivity index (χ4v) is 4.72. The van der Waals surface area contributed by atoms with Gasteiger partial charge in [0, 0.05) is 30.3 Å². The number of carbonyl (C=O) groups is 2. The van der Waals surface area contributed by atoms with Crippen molar-refractivity contribution in [2.45, 2.75) is 38.1 Å². The molecule has 184 valence electrons. The molecule has 7 heteroatoms. The topological polar surface area (TPSA) is 49.4 Å². The molecule has 0 saturated carbocycles. The van der Waals surface area contributed by atoms with Gasteiger partial charge in [0.2, 0.25) is 11.8 Å². The minimum Gasteiger partial charge on any atom is -0.354 e. The van der Waals surface area contributed by atoms with Crippen molar-refractivity contribution in [2.75, 3.05) is 12.3 Å². The second kappa shape index (κ2) is 13.9. The molecule has 0 aromatic heterocycles. The van der Waals surface area contributed by atoms with Crippen LogP contribution in [-0.4, -0.2) is 35.1 Å². The molecular weight excluding hydrogens is 483 g/mol. The quantitative estimate of drug-likeness (QED) is 0.330. The van der Waals surface area contributed by atoms with Crippen LogP contribution in [0, 0.1) is 5.82 Å². The van der Waals surface area contributed by atoms with Gasteiger partial charge in [-0.1, -0.05) is 79.2 Å². The van der Waals surface area contributed by atoms with Crippen molar-refractivity contribution in [2.24, 2.45) is 0 Å². The van der Waals surface area contributed by atoms with Crippen molar-refractivity contribution in [1.29, 1.82) is 0 Å². The van der Waals surface area contributed by atoms with E-state index in [0.29, 0.717) is 23.7 Å². The molecule has 3 aromatic rings. The molecule has 0 heterocycles. The van der Waals surface area contributed by atoms with Crippen molar-refractivity contribution >= 4 is 35.2 Å². The Morgan fingerprint density at radius 1 is 0.971 bits per heavy atom. The fraction of sp³-hybridized carbons (Fsp3) is 0.286. The first-order valence-corrected chi connectivity index (χ1v) is 13.2. The highest BCUT2D eigenvalue weighted by atomic mass is 35.5. The lowest BCUT2D eigenvalue weighted by atomic mass is 10.0. The highest BCUT2D eigenvalue weighted by Crippen LogP contribution is 2.22. The molecular formula is C28H30ClFN2O2S. The van der Waals surface area contributed by atoms with Crippen LogP contribution in [0.5, 0.6) is 0 Å². The van der Waals surface area contributed by atoms with Gasteiger partial charge in [-0.05, 0) is 41.3 Å². The molecule has 1 N–H and O–H groups in total. The molecule has 0 saturated heterocycles. The van der Waals surface area contributed by atoms with Crippen LogP contribution >= 0.6 is 23.4 Å². The van der Waals surface area contributed by atoms with Crippen LogP contribution in [0.15, 0.2) is 78.9 Å². The van der Waals surface area contributed by atoms with Gasteiger partial charge in [0.05, 0.1) is 5.75 Å². The molecule has 0 aliphatic rings. The summed E-state index contributed by atoms with van der Waals surface area (Å²) >= 11 is 7.86. The van der Waals surface area contributed by atoms with E-state index in [4.69, 9.17) is 11.6 Å². The molecule has 0 fully saturated rings. The summed E-state index contributed by atoms with van der Waals surface area (Å²) in [6, 6.07) is 22.6. The summed E-state index contributed by atoms with van der Waals surface area (Å²) in [7, 11) is 0. The Morgan fingerprint density at radius 2 is 1.66 bits per heavy atom. The molecule has 0 bridgehead atoms. The van der Waals surface area contributed by atoms with Crippen molar-refractivity contribution < 1.29 is 14.0 Å². The molecule has 0 unspecified atom stereocenters. The number of halogens is 2. The zero-order chi connectivity index (χ0) is 25.0. The number of nitrogens with one attached hydrogen (secondary N) is 1. The lowest BCUT2D eigenvalue weighted by molar-refractivity contribution is -0.139. The van der Waals surface area contributed by atoms with Gasteiger partial charge in [0.25, 0.3) is 0 Å². The van der Waals surface area contributed by atoms with Gasteiger partial charge < -0.3 is 10.2 Å². The van der Waals surface area contributed by atoms with E-state index in [1.54, 1.807) is 23.1 Å². The van der Waals surface area contributed by atoms with E-state index in [-0.39, 0.29) is 29.9 Å². The van der Waals surface area contributed by atoms with Crippen molar-refractivity contribution in [1.82, 2.24) is 10.2 Å². The maximum Gasteiger partial charge on any atom is 0.243 e. The third kappa shape index (κ3) is 8.41. The Balaban J connectivity index is 1.83. The number of benzene rings is 3. The summed E-state index contributed by atoms with van der Waals surface area (Å²) in [5.41, 5.74) is 2.69. The van der Waals surface area contributed by atoms with Crippen LogP contribution in [-0.2, 0) is 28.3 Å². The first kappa shape index (κ1) is 26.8. The predicted molar refractivity (Wildman–Crippen MR) is 142 cm³/mol. The van der Waals surface area contributed by atoms with E-state index in [1.165, 1.54) is 23.9 Å². The average molecular weight is 513 g/mol. The largest absolute Gasteiger partial charge is 0.354 e. The van der Waals surface area contributed by atoms with Gasteiger partial charge in [-0.15, -0.1) is 11.8 Å². The van der Waals surface area contributed by atoms with Crippen molar-refractivity contribution in [3.8, 4) is 0 Å². The number of hydrogen-bond acceptors (Lipinski definition) is 3. The standard InChI is InChI=1S/C28H30ClFN2O2S/c1-2-16-31-28(34)26(17-21-8-4-3-5-9-21)32(18-23-10-6-7-11-25(23)29)27(33)20-35-19-22-12-14-24(30)15-13-22/h3-15,26H,2,16-20H2,1H3,(H,31,34)/t26-/m0/s1. The number of rotatable bonds is 12. The first-order valence-electron chi connectivity index (χ1n) is 11.6. The highest BCUT2D eigenvalue weighted by molar-refractivity contribution is 7.99. The number of carbonyl (C=O) groups excluding carboxylic acids is 2. The summed E-state index contributed by atoms with van der Waals surface area (Å²) in [4.78, 5) is 28.4. The van der Waals surface area contributed by atoms with E-state index >= 15 is 0 Å². The molecule has 0 radical (unpaired) electrons. The maximum atomic E-state index is 13.5. The molecule has 1 atom stereocenters. The Hall–Kier alpha value is -2.83. The van der Waals surface area contributed by atoms with Gasteiger partial charge in [-0.25, -0.2) is 4.39 Å². The van der Waals surface area contributed by atoms with E-state index in [1.807, 2.05) is 55.5 Å². The van der Waals surface area contributed by atoms with Gasteiger partial charge in [-0.2, -0.15) is 0 Å². The average Bonchev–Trinajstić information content (AvgIpc) is 2.87. The monoisotopic (exact) mass is 512 g/mol. The highest BCUT2D eigenvalue weighted by Gasteiger charge is 2.30. The van der Waals surface area contributed by atoms with Crippen LogP contribution < -0.4 is 5.32 Å². The normalized spacial score (nSPS) is 11.6. The SMILES string of the molecule is CCCNC(=O)[C@H](Cc1ccccc1)N(Cc1ccccc1Cl)C(=O)CSCc1ccc(F)cc1. The Kier molecular flexibility index (Phi) is 10.6. The predicted octanol–water partition coefficient (Wildman–Crippen LogP) is 5.88. The minimum atomic E-state index is -0.681. The van der Waals surface area contributed by atoms with E-state index in [9.17, 15) is 14.0 Å². The maximum absolute atomic E-state index is 13.5. The summed E-state index contributed by atoms with van der Waals surface area (Å²) < 4.78 is 13.2. The van der Waals surface area contributed by atoms with E-state index in [2.05, 4.69) is 5.32 Å². The van der Waals surface area contributed by atoms with Crippen LogP contribution in [0.2, 0.25) is 5.02 Å². The minimum absolute atomic E-state index is 0.149. The van der Waals surface area contributed by atoms with E-state index < -0.39 is 6.04 Å². The Bertz CT molecular complexity index is 1100. The molecule has 0 aliphatic carbocycles. The van der Waals surface area contributed by atoms with Gasteiger partial charge in [0.15, 0.2) is 0 Å². The lowest BCUT2D eigenvalue weighted by Gasteiger charge is -2.31. The first-order chi connectivity index (χ1) is 17.0. The fourth-order valence-electron chi connectivity index (χ4n) is 3.65. The number of amides is 2. The molecule has 2 amide bonds. The summed E-state index contributed by atoms with van der Waals surface area (Å²) in [5.74, 6) is 0.137. The smallest absolute Gasteiger partial charge is 0.243 e. The summed E-state index contributed by atoms with van der Waals surface area (Å²) in [6.07, 6.45) is 1.20. The van der Waals surface area contributed by atoms with Crippen molar-refractivity contribution in [3.63, 3.8) is 0 Å². The van der Waals surface area contributed by atoms with Crippen LogP contribution in [0.4, 0.5) is 4.39 Å². The van der Waals surface area contributed by atoms with Gasteiger partial charge in [-0.3, -0.25) is 9.59 Å². The second-order valence-electron chi connectivity index (χ2n) is 8.23. The molecule has 3 aromatic carbocycles. The molecule has 0 spiro atoms. The van der Waals surface area contributed by atoms with Crippen LogP contribution in [0.3, 0.4) is 0 Å². The van der Waals surface area contributed by atoms with Gasteiger partial charge >= 0.3 is 0 Å². The Morgan fingerprint density at radius 3 is 2.34 bits per heavy atom. The summed E-state index contributed by atoms with van der Waals surface area (Å²) in [6.45, 7) is 2.76. The Labute approximate surface area is 215 Å². The van der Waals surface area contributed by atoms with Crippen molar-refractivity contribution in [3.05, 3.63) is 106 Å². The third-order valence-electron chi connectivity index (χ3n) is 5.53. The summed E-state index contributed by atoms with van der Waals surface area (Å²) in [5, 5.41) is 3.52. The second-order valence-corrected chi connectivity index (χ2v) is 9.62. The van der Waals surface area contributed by atoms with Crippen LogP contribution in [0.25, 0.3) is 0 Å².